The Morgan fingerprint density at radius 3 is 2.25 bits per heavy atom. The number of likely N-dealkylation sites (tertiary alicyclic amines) is 1. The molecule has 0 N–H and O–H groups in total. The topological polar surface area (TPSA) is 3.24 Å². The van der Waals surface area contributed by atoms with E-state index in [-0.39, 0.29) is 0 Å². The minimum Gasteiger partial charge on any atom is -0.302 e. The van der Waals surface area contributed by atoms with E-state index in [4.69, 9.17) is 0 Å². The van der Waals surface area contributed by atoms with Crippen molar-refractivity contribution in [1.29, 1.82) is 0 Å². The van der Waals surface area contributed by atoms with Crippen molar-refractivity contribution >= 4 is 0 Å². The van der Waals surface area contributed by atoms with E-state index >= 15 is 0 Å². The van der Waals surface area contributed by atoms with Crippen LogP contribution in [-0.4, -0.2) is 30.2 Å². The molecule has 0 aromatic carbocycles. The van der Waals surface area contributed by atoms with Crippen LogP contribution in [0.15, 0.2) is 0 Å². The average molecular weight is 227 g/mol. The zero-order chi connectivity index (χ0) is 12.2. The van der Waals surface area contributed by atoms with Crippen molar-refractivity contribution in [3.05, 3.63) is 0 Å². The average Bonchev–Trinajstić information content (AvgIpc) is 2.54. The van der Waals surface area contributed by atoms with Gasteiger partial charge in [0.25, 0.3) is 0 Å². The van der Waals surface area contributed by atoms with Gasteiger partial charge in [-0.25, -0.2) is 4.39 Å². The van der Waals surface area contributed by atoms with Crippen molar-refractivity contribution in [3.63, 3.8) is 0 Å². The lowest BCUT2D eigenvalue weighted by Gasteiger charge is -2.38. The van der Waals surface area contributed by atoms with Gasteiger partial charge in [0, 0.05) is 19.0 Å². The molecule has 0 amide bonds. The number of nitrogens with zero attached hydrogens (tertiary/aromatic N) is 1. The summed E-state index contributed by atoms with van der Waals surface area (Å²) in [5, 5.41) is 0. The summed E-state index contributed by atoms with van der Waals surface area (Å²) in [4.78, 5) is 2.47. The van der Waals surface area contributed by atoms with Crippen LogP contribution in [0.1, 0.15) is 47.5 Å². The second kappa shape index (κ2) is 3.44. The van der Waals surface area contributed by atoms with Gasteiger partial charge >= 0.3 is 0 Å². The van der Waals surface area contributed by atoms with Gasteiger partial charge in [0.1, 0.15) is 5.67 Å². The van der Waals surface area contributed by atoms with Crippen LogP contribution >= 0.6 is 0 Å². The number of rotatable bonds is 2. The summed E-state index contributed by atoms with van der Waals surface area (Å²) in [6.07, 6.45) is 2.03. The molecule has 2 rings (SSSR count). The van der Waals surface area contributed by atoms with Crippen LogP contribution in [0.25, 0.3) is 0 Å². The fourth-order valence-electron chi connectivity index (χ4n) is 2.81. The van der Waals surface area contributed by atoms with Gasteiger partial charge < -0.3 is 4.90 Å². The molecule has 3 unspecified atom stereocenters. The molecule has 94 valence electrons. The lowest BCUT2D eigenvalue weighted by molar-refractivity contribution is 0.112. The molecule has 3 atom stereocenters. The second-order valence-corrected chi connectivity index (χ2v) is 7.47. The zero-order valence-electron chi connectivity index (χ0n) is 11.4. The highest BCUT2D eigenvalue weighted by Crippen LogP contribution is 2.50. The Balaban J connectivity index is 1.89. The number of halogens is 1. The molecule has 2 fully saturated rings. The highest BCUT2D eigenvalue weighted by molar-refractivity contribution is 5.03. The molecule has 1 nitrogen and oxygen atoms in total. The van der Waals surface area contributed by atoms with Crippen molar-refractivity contribution in [1.82, 2.24) is 4.90 Å². The van der Waals surface area contributed by atoms with E-state index in [1.165, 1.54) is 6.42 Å². The molecule has 1 saturated heterocycles. The van der Waals surface area contributed by atoms with E-state index in [9.17, 15) is 4.39 Å². The third-order valence-electron chi connectivity index (χ3n) is 5.18. The highest BCUT2D eigenvalue weighted by Gasteiger charge is 2.53. The molecule has 0 aromatic rings. The molecule has 1 saturated carbocycles. The standard InChI is InChI=1S/C14H26FN/c1-12(2,3)13(4)6-7-16(10-13)9-11-8-14(11,5)15/h11H,6-10H2,1-5H3. The SMILES string of the molecule is CC1(F)CC1CN1CCC(C)(C(C)(C)C)C1. The van der Waals surface area contributed by atoms with Gasteiger partial charge in [-0.1, -0.05) is 27.7 Å². The first kappa shape index (κ1) is 12.3. The van der Waals surface area contributed by atoms with Crippen molar-refractivity contribution < 1.29 is 4.39 Å². The third kappa shape index (κ3) is 2.13. The summed E-state index contributed by atoms with van der Waals surface area (Å²) in [5.41, 5.74) is -0.111. The van der Waals surface area contributed by atoms with E-state index in [0.29, 0.717) is 16.7 Å². The summed E-state index contributed by atoms with van der Waals surface area (Å²) in [6.45, 7) is 14.4. The van der Waals surface area contributed by atoms with E-state index < -0.39 is 5.67 Å². The molecule has 1 heterocycles. The fourth-order valence-corrected chi connectivity index (χ4v) is 2.81. The summed E-state index contributed by atoms with van der Waals surface area (Å²) in [5.74, 6) is 0.301. The monoisotopic (exact) mass is 227 g/mol. The highest BCUT2D eigenvalue weighted by atomic mass is 19.1. The summed E-state index contributed by atoms with van der Waals surface area (Å²) in [6, 6.07) is 0. The van der Waals surface area contributed by atoms with Crippen LogP contribution in [0.4, 0.5) is 4.39 Å². The maximum absolute atomic E-state index is 13.5. The Bertz CT molecular complexity index is 279. The van der Waals surface area contributed by atoms with Gasteiger partial charge in [0.05, 0.1) is 0 Å². The third-order valence-corrected chi connectivity index (χ3v) is 5.18. The molecule has 1 aliphatic heterocycles. The van der Waals surface area contributed by atoms with Crippen molar-refractivity contribution in [2.45, 2.75) is 53.1 Å². The quantitative estimate of drug-likeness (QED) is 0.698. The number of alkyl halides is 1. The van der Waals surface area contributed by atoms with E-state index in [0.717, 1.165) is 26.1 Å². The lowest BCUT2D eigenvalue weighted by Crippen LogP contribution is -2.36. The molecule has 2 aliphatic rings. The zero-order valence-corrected chi connectivity index (χ0v) is 11.4. The Morgan fingerprint density at radius 2 is 1.88 bits per heavy atom. The lowest BCUT2D eigenvalue weighted by atomic mass is 9.67. The van der Waals surface area contributed by atoms with Gasteiger partial charge in [0.2, 0.25) is 0 Å². The Kier molecular flexibility index (Phi) is 2.66. The first-order valence-corrected chi connectivity index (χ1v) is 6.55. The fraction of sp³-hybridized carbons (Fsp3) is 1.00. The first-order chi connectivity index (χ1) is 7.14. The predicted molar refractivity (Wildman–Crippen MR) is 66.2 cm³/mol. The maximum atomic E-state index is 13.5. The Morgan fingerprint density at radius 1 is 1.31 bits per heavy atom. The van der Waals surface area contributed by atoms with Crippen molar-refractivity contribution in [2.24, 2.45) is 16.7 Å². The number of hydrogen-bond donors (Lipinski definition) is 0. The molecule has 2 heteroatoms. The summed E-state index contributed by atoms with van der Waals surface area (Å²) in [7, 11) is 0. The number of hydrogen-bond acceptors (Lipinski definition) is 1. The summed E-state index contributed by atoms with van der Waals surface area (Å²) >= 11 is 0. The smallest absolute Gasteiger partial charge is 0.112 e. The molecular formula is C14H26FN. The molecule has 0 bridgehead atoms. The largest absolute Gasteiger partial charge is 0.302 e. The molecular weight excluding hydrogens is 201 g/mol. The molecule has 1 aliphatic carbocycles. The van der Waals surface area contributed by atoms with Gasteiger partial charge in [-0.05, 0) is 37.1 Å². The van der Waals surface area contributed by atoms with Gasteiger partial charge in [-0.2, -0.15) is 0 Å². The van der Waals surface area contributed by atoms with E-state index in [2.05, 4.69) is 32.6 Å². The minimum absolute atomic E-state index is 0.301. The predicted octanol–water partition coefficient (Wildman–Crippen LogP) is 3.49. The molecule has 0 spiro atoms. The van der Waals surface area contributed by atoms with Crippen LogP contribution in [-0.2, 0) is 0 Å². The normalized spacial score (nSPS) is 45.0. The molecule has 16 heavy (non-hydrogen) atoms. The Labute approximate surface area is 99.4 Å². The van der Waals surface area contributed by atoms with Gasteiger partial charge in [-0.3, -0.25) is 0 Å². The van der Waals surface area contributed by atoms with E-state index in [1.54, 1.807) is 6.92 Å². The minimum atomic E-state index is -0.860. The van der Waals surface area contributed by atoms with Crippen LogP contribution in [0.5, 0.6) is 0 Å². The van der Waals surface area contributed by atoms with Crippen molar-refractivity contribution in [2.75, 3.05) is 19.6 Å². The van der Waals surface area contributed by atoms with Crippen molar-refractivity contribution in [3.8, 4) is 0 Å². The molecule has 0 aromatic heterocycles. The first-order valence-electron chi connectivity index (χ1n) is 6.55. The summed E-state index contributed by atoms with van der Waals surface area (Å²) < 4.78 is 13.5. The molecule has 0 radical (unpaired) electrons. The van der Waals surface area contributed by atoms with Gasteiger partial charge in [-0.15, -0.1) is 0 Å². The Hall–Kier alpha value is -0.110. The van der Waals surface area contributed by atoms with E-state index in [1.807, 2.05) is 0 Å². The van der Waals surface area contributed by atoms with Crippen LogP contribution in [0.2, 0.25) is 0 Å². The van der Waals surface area contributed by atoms with Crippen LogP contribution in [0.3, 0.4) is 0 Å². The van der Waals surface area contributed by atoms with Gasteiger partial charge in [0.15, 0.2) is 0 Å². The van der Waals surface area contributed by atoms with Crippen LogP contribution in [0, 0.1) is 16.7 Å². The second-order valence-electron chi connectivity index (χ2n) is 7.47. The van der Waals surface area contributed by atoms with Crippen LogP contribution < -0.4 is 0 Å². The maximum Gasteiger partial charge on any atom is 0.112 e.